The van der Waals surface area contributed by atoms with E-state index in [1.54, 1.807) is 24.3 Å². The zero-order valence-corrected chi connectivity index (χ0v) is 19.5. The normalized spacial score (nSPS) is 11.0. The van der Waals surface area contributed by atoms with Gasteiger partial charge in [0.15, 0.2) is 17.2 Å². The number of nitrogens with two attached hydrogens (primary N) is 1. The smallest absolute Gasteiger partial charge is 0.294 e. The standard InChI is InChI=1S/C22H22N8O6/c1-4-35-14-7-5-6-13(10-14)18-17(25-29-30(18)21-20(23)27-36-28-21)22(32)26-24-11-12-8-15(33-2)19(31)16(9-12)34-3/h5-11,31H,4H2,1-3H3,(H2,23,27)(H,26,32)/b24-11-. The van der Waals surface area contributed by atoms with Crippen LogP contribution in [0, 0.1) is 0 Å². The lowest BCUT2D eigenvalue weighted by atomic mass is 10.1. The van der Waals surface area contributed by atoms with Crippen molar-refractivity contribution in [3.63, 3.8) is 0 Å². The van der Waals surface area contributed by atoms with Crippen molar-refractivity contribution < 1.29 is 28.7 Å². The predicted molar refractivity (Wildman–Crippen MR) is 127 cm³/mol. The Labute approximate surface area is 204 Å². The molecule has 0 aliphatic carbocycles. The van der Waals surface area contributed by atoms with Crippen molar-refractivity contribution in [2.75, 3.05) is 26.6 Å². The van der Waals surface area contributed by atoms with Crippen molar-refractivity contribution in [2.24, 2.45) is 5.10 Å². The number of nitrogens with one attached hydrogen (secondary N) is 1. The highest BCUT2D eigenvalue weighted by molar-refractivity contribution is 5.99. The molecule has 36 heavy (non-hydrogen) atoms. The molecule has 14 nitrogen and oxygen atoms in total. The summed E-state index contributed by atoms with van der Waals surface area (Å²) in [6.07, 6.45) is 1.35. The average Bonchev–Trinajstić information content (AvgIpc) is 3.51. The molecule has 0 atom stereocenters. The Hall–Kier alpha value is -5.14. The van der Waals surface area contributed by atoms with Gasteiger partial charge >= 0.3 is 0 Å². The van der Waals surface area contributed by atoms with E-state index in [4.69, 9.17) is 19.9 Å². The summed E-state index contributed by atoms with van der Waals surface area (Å²) >= 11 is 0. The molecule has 4 N–H and O–H groups in total. The molecular formula is C22H22N8O6. The maximum Gasteiger partial charge on any atom is 0.294 e. The quantitative estimate of drug-likeness (QED) is 0.227. The van der Waals surface area contributed by atoms with Crippen molar-refractivity contribution >= 4 is 17.9 Å². The maximum absolute atomic E-state index is 13.1. The molecule has 0 bridgehead atoms. The number of amides is 1. The fourth-order valence-corrected chi connectivity index (χ4v) is 3.29. The molecule has 2 heterocycles. The van der Waals surface area contributed by atoms with Crippen molar-refractivity contribution in [2.45, 2.75) is 6.92 Å². The van der Waals surface area contributed by atoms with Crippen LogP contribution in [0.4, 0.5) is 5.82 Å². The summed E-state index contributed by atoms with van der Waals surface area (Å²) < 4.78 is 21.7. The minimum atomic E-state index is -0.665. The zero-order valence-electron chi connectivity index (χ0n) is 19.5. The SMILES string of the molecule is CCOc1cccc(-c2c(C(=O)N/N=C\c3cc(OC)c(O)c(OC)c3)nnn2-c2nonc2N)c1. The van der Waals surface area contributed by atoms with E-state index in [-0.39, 0.29) is 40.3 Å². The molecule has 0 spiro atoms. The second-order valence-corrected chi connectivity index (χ2v) is 7.11. The second-order valence-electron chi connectivity index (χ2n) is 7.11. The molecule has 0 aliphatic rings. The topological polar surface area (TPSA) is 185 Å². The Morgan fingerprint density at radius 1 is 1.22 bits per heavy atom. The van der Waals surface area contributed by atoms with Gasteiger partial charge in [0.25, 0.3) is 5.91 Å². The number of nitrogen functional groups attached to an aromatic ring is 1. The number of methoxy groups -OCH3 is 2. The number of phenolic OH excluding ortho intramolecular Hbond substituents is 1. The molecule has 0 radical (unpaired) electrons. The molecule has 4 aromatic rings. The minimum Gasteiger partial charge on any atom is -0.502 e. The Morgan fingerprint density at radius 3 is 2.61 bits per heavy atom. The van der Waals surface area contributed by atoms with E-state index in [2.05, 4.69) is 35.8 Å². The lowest BCUT2D eigenvalue weighted by molar-refractivity contribution is 0.0950. The van der Waals surface area contributed by atoms with Gasteiger partial charge < -0.3 is 25.1 Å². The predicted octanol–water partition coefficient (Wildman–Crippen LogP) is 1.78. The van der Waals surface area contributed by atoms with E-state index >= 15 is 0 Å². The first-order chi connectivity index (χ1) is 17.5. The third-order valence-corrected chi connectivity index (χ3v) is 4.88. The third-order valence-electron chi connectivity index (χ3n) is 4.88. The lowest BCUT2D eigenvalue weighted by Crippen LogP contribution is -2.19. The highest BCUT2D eigenvalue weighted by Crippen LogP contribution is 2.36. The molecule has 0 saturated carbocycles. The van der Waals surface area contributed by atoms with Crippen LogP contribution in [0.25, 0.3) is 17.1 Å². The molecule has 0 aliphatic heterocycles. The number of benzene rings is 2. The van der Waals surface area contributed by atoms with Gasteiger partial charge in [0.1, 0.15) is 11.4 Å². The lowest BCUT2D eigenvalue weighted by Gasteiger charge is -2.09. The summed E-state index contributed by atoms with van der Waals surface area (Å²) in [5.74, 6) is 0.141. The summed E-state index contributed by atoms with van der Waals surface area (Å²) in [5.41, 5.74) is 9.50. The molecular weight excluding hydrogens is 472 g/mol. The van der Waals surface area contributed by atoms with Crippen LogP contribution in [0.3, 0.4) is 0 Å². The van der Waals surface area contributed by atoms with Crippen LogP contribution in [0.15, 0.2) is 46.1 Å². The minimum absolute atomic E-state index is 0.0395. The van der Waals surface area contributed by atoms with E-state index in [9.17, 15) is 9.90 Å². The van der Waals surface area contributed by atoms with Gasteiger partial charge in [-0.2, -0.15) is 9.78 Å². The molecule has 2 aromatic carbocycles. The van der Waals surface area contributed by atoms with Crippen molar-refractivity contribution in [1.29, 1.82) is 0 Å². The van der Waals surface area contributed by atoms with E-state index < -0.39 is 5.91 Å². The van der Waals surface area contributed by atoms with Crippen molar-refractivity contribution in [1.82, 2.24) is 30.7 Å². The summed E-state index contributed by atoms with van der Waals surface area (Å²) in [7, 11) is 2.81. The molecule has 0 unspecified atom stereocenters. The number of aromatic hydroxyl groups is 1. The van der Waals surface area contributed by atoms with E-state index in [0.29, 0.717) is 23.5 Å². The first kappa shape index (κ1) is 24.0. The number of carbonyl (C=O) groups excluding carboxylic acids is 1. The van der Waals surface area contributed by atoms with Gasteiger partial charge in [-0.05, 0) is 41.5 Å². The van der Waals surface area contributed by atoms with E-state index in [0.717, 1.165) is 0 Å². The molecule has 1 amide bonds. The van der Waals surface area contributed by atoms with Crippen LogP contribution in [-0.4, -0.2) is 63.4 Å². The number of hydrazone groups is 1. The number of nitrogens with zero attached hydrogens (tertiary/aromatic N) is 6. The Balaban J connectivity index is 1.68. The first-order valence-corrected chi connectivity index (χ1v) is 10.5. The number of rotatable bonds is 9. The number of ether oxygens (including phenoxy) is 3. The van der Waals surface area contributed by atoms with Crippen molar-refractivity contribution in [3.8, 4) is 40.1 Å². The van der Waals surface area contributed by atoms with Gasteiger partial charge in [0, 0.05) is 11.1 Å². The second kappa shape index (κ2) is 10.4. The number of phenols is 1. The first-order valence-electron chi connectivity index (χ1n) is 10.5. The highest BCUT2D eigenvalue weighted by atomic mass is 16.6. The third kappa shape index (κ3) is 4.72. The molecule has 0 saturated heterocycles. The van der Waals surface area contributed by atoms with Crippen molar-refractivity contribution in [3.05, 3.63) is 47.7 Å². The average molecular weight is 494 g/mol. The summed E-state index contributed by atoms with van der Waals surface area (Å²) in [6, 6.07) is 10.0. The summed E-state index contributed by atoms with van der Waals surface area (Å²) in [4.78, 5) is 13.1. The molecule has 2 aromatic heterocycles. The number of anilines is 1. The van der Waals surface area contributed by atoms with Gasteiger partial charge in [-0.1, -0.05) is 17.3 Å². The maximum atomic E-state index is 13.1. The van der Waals surface area contributed by atoms with E-state index in [1.807, 2.05) is 6.92 Å². The molecule has 4 rings (SSSR count). The van der Waals surface area contributed by atoms with Crippen LogP contribution < -0.4 is 25.4 Å². The summed E-state index contributed by atoms with van der Waals surface area (Å²) in [5, 5.41) is 29.4. The van der Waals surface area contributed by atoms with Gasteiger partial charge in [-0.15, -0.1) is 5.10 Å². The van der Waals surface area contributed by atoms with Gasteiger partial charge in [0.2, 0.25) is 17.4 Å². The van der Waals surface area contributed by atoms with Gasteiger partial charge in [-0.25, -0.2) is 10.1 Å². The molecule has 186 valence electrons. The largest absolute Gasteiger partial charge is 0.502 e. The number of hydrogen-bond acceptors (Lipinski definition) is 12. The number of carbonyl (C=O) groups is 1. The van der Waals surface area contributed by atoms with Gasteiger partial charge in [0.05, 0.1) is 27.0 Å². The van der Waals surface area contributed by atoms with Crippen LogP contribution in [-0.2, 0) is 0 Å². The summed E-state index contributed by atoms with van der Waals surface area (Å²) in [6.45, 7) is 2.31. The monoisotopic (exact) mass is 494 g/mol. The highest BCUT2D eigenvalue weighted by Gasteiger charge is 2.25. The Kier molecular flexibility index (Phi) is 6.95. The van der Waals surface area contributed by atoms with Crippen LogP contribution in [0.2, 0.25) is 0 Å². The van der Waals surface area contributed by atoms with Crippen LogP contribution in [0.5, 0.6) is 23.0 Å². The fraction of sp³-hybridized carbons (Fsp3) is 0.182. The number of hydrogen-bond donors (Lipinski definition) is 3. The molecule has 14 heteroatoms. The van der Waals surface area contributed by atoms with E-state index in [1.165, 1.54) is 37.2 Å². The number of aromatic nitrogens is 5. The zero-order chi connectivity index (χ0) is 25.7. The van der Waals surface area contributed by atoms with Crippen LogP contribution >= 0.6 is 0 Å². The Morgan fingerprint density at radius 2 is 1.97 bits per heavy atom. The van der Waals surface area contributed by atoms with Crippen LogP contribution in [0.1, 0.15) is 23.0 Å². The molecule has 0 fully saturated rings. The fourth-order valence-electron chi connectivity index (χ4n) is 3.29. The Bertz CT molecular complexity index is 1390. The van der Waals surface area contributed by atoms with Gasteiger partial charge in [-0.3, -0.25) is 4.79 Å².